The number of allylic oxidation sites excluding steroid dienone is 4. The smallest absolute Gasteiger partial charge is 0.109 e. The Morgan fingerprint density at radius 2 is 2.11 bits per heavy atom. The monoisotopic (exact) mass is 197 g/mol. The van der Waals surface area contributed by atoms with E-state index in [1.807, 2.05) is 12.2 Å². The molecule has 1 heteroatoms. The Morgan fingerprint density at radius 1 is 1.56 bits per heavy atom. The van der Waals surface area contributed by atoms with E-state index < -0.39 is 0 Å². The number of hydrogen-bond donors (Lipinski definition) is 0. The van der Waals surface area contributed by atoms with Crippen molar-refractivity contribution in [3.63, 3.8) is 0 Å². The van der Waals surface area contributed by atoms with Crippen molar-refractivity contribution in [2.45, 2.75) is 20.3 Å². The van der Waals surface area contributed by atoms with Crippen LogP contribution < -0.4 is 0 Å². The molecule has 0 fully saturated rings. The molecule has 0 amide bonds. The topological polar surface area (TPSA) is 0 Å². The van der Waals surface area contributed by atoms with Crippen LogP contribution in [0.15, 0.2) is 18.2 Å². The standard InChI is InChI=1S/C5H5.C3H6.Zr/c1-2-4-5-3-1;1-3-2;/h1-3H,4H2;1-2H3;/q-1;;. The van der Waals surface area contributed by atoms with Crippen molar-refractivity contribution in [2.75, 3.05) is 0 Å². The van der Waals surface area contributed by atoms with Crippen molar-refractivity contribution in [1.82, 2.24) is 0 Å². The molecular formula is C8H11Zr-. The van der Waals surface area contributed by atoms with Crippen LogP contribution in [0, 0.1) is 6.08 Å². The summed E-state index contributed by atoms with van der Waals surface area (Å²) in [4.78, 5) is 0. The Hall–Kier alpha value is 0.233. The van der Waals surface area contributed by atoms with E-state index in [1.165, 1.54) is 3.21 Å². The second-order valence-corrected chi connectivity index (χ2v) is 4.46. The summed E-state index contributed by atoms with van der Waals surface area (Å²) >= 11 is 1.55. The van der Waals surface area contributed by atoms with Crippen molar-refractivity contribution in [3.8, 4) is 0 Å². The van der Waals surface area contributed by atoms with Gasteiger partial charge >= 0.3 is 41.3 Å². The third-order valence-corrected chi connectivity index (χ3v) is 0.586. The van der Waals surface area contributed by atoms with Gasteiger partial charge in [0.25, 0.3) is 0 Å². The molecule has 0 aromatic rings. The third kappa shape index (κ3) is 11.7. The maximum atomic E-state index is 2.99. The van der Waals surface area contributed by atoms with Gasteiger partial charge < -0.3 is 0 Å². The van der Waals surface area contributed by atoms with E-state index in [2.05, 4.69) is 26.0 Å². The van der Waals surface area contributed by atoms with Crippen LogP contribution in [0.1, 0.15) is 20.3 Å². The van der Waals surface area contributed by atoms with Crippen molar-refractivity contribution >= 4 is 3.21 Å². The van der Waals surface area contributed by atoms with E-state index in [1.54, 1.807) is 24.2 Å². The minimum Gasteiger partial charge on any atom is -0.273 e. The Bertz CT molecular complexity index is 118. The van der Waals surface area contributed by atoms with Crippen LogP contribution in [-0.2, 0) is 24.2 Å². The van der Waals surface area contributed by atoms with Gasteiger partial charge in [-0.2, -0.15) is 6.08 Å². The first-order valence-corrected chi connectivity index (χ1v) is 4.20. The molecule has 9 heavy (non-hydrogen) atoms. The summed E-state index contributed by atoms with van der Waals surface area (Å²) in [6.45, 7) is 4.25. The molecule has 0 radical (unpaired) electrons. The molecular weight excluding hydrogens is 187 g/mol. The van der Waals surface area contributed by atoms with Gasteiger partial charge in [0.2, 0.25) is 0 Å². The van der Waals surface area contributed by atoms with Crippen LogP contribution in [0.25, 0.3) is 0 Å². The second kappa shape index (κ2) is 6.35. The van der Waals surface area contributed by atoms with Crippen LogP contribution in [0.3, 0.4) is 0 Å². The first kappa shape index (κ1) is 9.23. The quantitative estimate of drug-likeness (QED) is 0.523. The molecule has 0 atom stereocenters. The SMILES string of the molecule is C[C](C)=[Zr].[C-]1=CC=CC1. The van der Waals surface area contributed by atoms with Crippen molar-refractivity contribution in [2.24, 2.45) is 0 Å². The predicted octanol–water partition coefficient (Wildman–Crippen LogP) is 2.05. The maximum absolute atomic E-state index is 2.99. The minimum absolute atomic E-state index is 1.01. The molecule has 1 aliphatic rings. The van der Waals surface area contributed by atoms with Gasteiger partial charge in [-0.05, 0) is 0 Å². The molecule has 0 saturated carbocycles. The molecule has 0 heterocycles. The summed E-state index contributed by atoms with van der Waals surface area (Å²) in [6, 6.07) is 0. The Labute approximate surface area is 72.0 Å². The van der Waals surface area contributed by atoms with E-state index in [0.29, 0.717) is 0 Å². The summed E-state index contributed by atoms with van der Waals surface area (Å²) in [5, 5.41) is 0. The van der Waals surface area contributed by atoms with Crippen LogP contribution in [0.2, 0.25) is 0 Å². The van der Waals surface area contributed by atoms with Gasteiger partial charge in [0.05, 0.1) is 0 Å². The molecule has 0 spiro atoms. The first-order valence-electron chi connectivity index (χ1n) is 2.97. The van der Waals surface area contributed by atoms with Crippen LogP contribution in [-0.4, -0.2) is 3.21 Å². The fourth-order valence-corrected chi connectivity index (χ4v) is 0.340. The molecule has 0 N–H and O–H groups in total. The van der Waals surface area contributed by atoms with Gasteiger partial charge in [-0.25, -0.2) is 12.2 Å². The van der Waals surface area contributed by atoms with Crippen LogP contribution in [0.4, 0.5) is 0 Å². The second-order valence-electron chi connectivity index (χ2n) is 2.00. The number of hydrogen-bond acceptors (Lipinski definition) is 0. The summed E-state index contributed by atoms with van der Waals surface area (Å²) in [6.07, 6.45) is 10.0. The summed E-state index contributed by atoms with van der Waals surface area (Å²) in [5.74, 6) is 0. The van der Waals surface area contributed by atoms with Gasteiger partial charge in [-0.1, -0.05) is 0 Å². The Kier molecular flexibility index (Phi) is 6.52. The fourth-order valence-electron chi connectivity index (χ4n) is 0.340. The molecule has 0 saturated heterocycles. The van der Waals surface area contributed by atoms with Gasteiger partial charge in [0.15, 0.2) is 0 Å². The first-order chi connectivity index (χ1) is 4.23. The average molecular weight is 198 g/mol. The molecule has 1 rings (SSSR count). The van der Waals surface area contributed by atoms with Crippen LogP contribution in [0.5, 0.6) is 0 Å². The fraction of sp³-hybridized carbons (Fsp3) is 0.375. The largest absolute Gasteiger partial charge is 0.273 e. The van der Waals surface area contributed by atoms with E-state index in [9.17, 15) is 0 Å². The zero-order chi connectivity index (χ0) is 7.11. The Morgan fingerprint density at radius 3 is 2.22 bits per heavy atom. The minimum atomic E-state index is 1.01. The van der Waals surface area contributed by atoms with E-state index >= 15 is 0 Å². The van der Waals surface area contributed by atoms with Gasteiger partial charge in [0, 0.05) is 0 Å². The third-order valence-electron chi connectivity index (χ3n) is 0.586. The van der Waals surface area contributed by atoms with Crippen molar-refractivity contribution < 1.29 is 24.2 Å². The molecule has 0 aliphatic heterocycles. The van der Waals surface area contributed by atoms with Gasteiger partial charge in [0.1, 0.15) is 0 Å². The summed E-state index contributed by atoms with van der Waals surface area (Å²) in [5.41, 5.74) is 0. The van der Waals surface area contributed by atoms with Crippen LogP contribution >= 0.6 is 0 Å². The van der Waals surface area contributed by atoms with E-state index in [-0.39, 0.29) is 0 Å². The molecule has 0 aromatic heterocycles. The van der Waals surface area contributed by atoms with E-state index in [4.69, 9.17) is 0 Å². The van der Waals surface area contributed by atoms with E-state index in [0.717, 1.165) is 6.42 Å². The molecule has 0 aromatic carbocycles. The summed E-state index contributed by atoms with van der Waals surface area (Å²) in [7, 11) is 0. The molecule has 0 nitrogen and oxygen atoms in total. The number of rotatable bonds is 0. The molecule has 0 unspecified atom stereocenters. The average Bonchev–Trinajstić information content (AvgIpc) is 2.11. The zero-order valence-electron chi connectivity index (χ0n) is 5.94. The van der Waals surface area contributed by atoms with Gasteiger partial charge in [-0.3, -0.25) is 6.08 Å². The molecule has 1 aliphatic carbocycles. The van der Waals surface area contributed by atoms with Crippen molar-refractivity contribution in [1.29, 1.82) is 0 Å². The van der Waals surface area contributed by atoms with Crippen molar-refractivity contribution in [3.05, 3.63) is 24.3 Å². The maximum Gasteiger partial charge on any atom is -0.109 e. The van der Waals surface area contributed by atoms with Gasteiger partial charge in [-0.15, -0.1) is 6.42 Å². The zero-order valence-corrected chi connectivity index (χ0v) is 8.40. The predicted molar refractivity (Wildman–Crippen MR) is 37.9 cm³/mol. The molecule has 0 bridgehead atoms. The normalized spacial score (nSPS) is 12.6. The molecule has 48 valence electrons. The summed E-state index contributed by atoms with van der Waals surface area (Å²) < 4.78 is 1.51. The Balaban J connectivity index is 0.000000148.